The summed E-state index contributed by atoms with van der Waals surface area (Å²) in [4.78, 5) is 2.19. The molecule has 0 saturated heterocycles. The highest BCUT2D eigenvalue weighted by molar-refractivity contribution is 5.46. The molecule has 17 heavy (non-hydrogen) atoms. The zero-order valence-electron chi connectivity index (χ0n) is 10.8. The van der Waals surface area contributed by atoms with E-state index in [2.05, 4.69) is 48.6 Å². The Morgan fingerprint density at radius 3 is 2.82 bits per heavy atom. The lowest BCUT2D eigenvalue weighted by Gasteiger charge is -2.16. The molecule has 0 heterocycles. The number of anilines is 1. The molecule has 94 valence electrons. The third-order valence-electron chi connectivity index (χ3n) is 3.27. The second-order valence-corrected chi connectivity index (χ2v) is 5.35. The molecule has 3 N–H and O–H groups in total. The molecule has 3 heteroatoms. The summed E-state index contributed by atoms with van der Waals surface area (Å²) in [7, 11) is 4.19. The van der Waals surface area contributed by atoms with Gasteiger partial charge in [-0.1, -0.05) is 12.1 Å². The second-order valence-electron chi connectivity index (χ2n) is 5.35. The summed E-state index contributed by atoms with van der Waals surface area (Å²) < 4.78 is 0. The first kappa shape index (κ1) is 12.4. The van der Waals surface area contributed by atoms with Crippen molar-refractivity contribution in [3.05, 3.63) is 29.8 Å². The monoisotopic (exact) mass is 233 g/mol. The zero-order chi connectivity index (χ0) is 12.3. The fourth-order valence-electron chi connectivity index (χ4n) is 2.51. The molecule has 1 aromatic carbocycles. The van der Waals surface area contributed by atoms with E-state index in [9.17, 15) is 0 Å². The van der Waals surface area contributed by atoms with Crippen LogP contribution in [0.2, 0.25) is 0 Å². The lowest BCUT2D eigenvalue weighted by Crippen LogP contribution is -2.20. The van der Waals surface area contributed by atoms with Crippen molar-refractivity contribution in [3.63, 3.8) is 0 Å². The van der Waals surface area contributed by atoms with Gasteiger partial charge in [0.15, 0.2) is 0 Å². The van der Waals surface area contributed by atoms with Gasteiger partial charge in [-0.25, -0.2) is 0 Å². The zero-order valence-corrected chi connectivity index (χ0v) is 10.8. The fourth-order valence-corrected chi connectivity index (χ4v) is 2.51. The Morgan fingerprint density at radius 1 is 1.35 bits per heavy atom. The Hall–Kier alpha value is -1.06. The van der Waals surface area contributed by atoms with Crippen molar-refractivity contribution in [2.75, 3.05) is 19.4 Å². The molecular formula is C14H23N3. The van der Waals surface area contributed by atoms with E-state index in [4.69, 9.17) is 5.73 Å². The third kappa shape index (κ3) is 3.72. The quantitative estimate of drug-likeness (QED) is 0.836. The van der Waals surface area contributed by atoms with Gasteiger partial charge in [-0.05, 0) is 51.1 Å². The van der Waals surface area contributed by atoms with Crippen LogP contribution in [0.5, 0.6) is 0 Å². The Labute approximate surface area is 104 Å². The molecule has 2 unspecified atom stereocenters. The molecule has 1 fully saturated rings. The van der Waals surface area contributed by atoms with Crippen LogP contribution in [-0.2, 0) is 6.54 Å². The highest BCUT2D eigenvalue weighted by Crippen LogP contribution is 2.22. The summed E-state index contributed by atoms with van der Waals surface area (Å²) in [5.74, 6) is 0. The van der Waals surface area contributed by atoms with Crippen LogP contribution < -0.4 is 11.1 Å². The van der Waals surface area contributed by atoms with Crippen LogP contribution in [0.3, 0.4) is 0 Å². The first-order valence-corrected chi connectivity index (χ1v) is 6.39. The average Bonchev–Trinajstić information content (AvgIpc) is 2.63. The first-order chi connectivity index (χ1) is 8.13. The maximum Gasteiger partial charge on any atom is 0.0345 e. The van der Waals surface area contributed by atoms with Gasteiger partial charge >= 0.3 is 0 Å². The van der Waals surface area contributed by atoms with Crippen LogP contribution in [0.4, 0.5) is 5.69 Å². The maximum atomic E-state index is 5.93. The van der Waals surface area contributed by atoms with E-state index in [1.54, 1.807) is 0 Å². The van der Waals surface area contributed by atoms with Crippen LogP contribution >= 0.6 is 0 Å². The molecular weight excluding hydrogens is 210 g/mol. The van der Waals surface area contributed by atoms with Crippen LogP contribution in [-0.4, -0.2) is 31.1 Å². The molecule has 2 rings (SSSR count). The van der Waals surface area contributed by atoms with Crippen molar-refractivity contribution in [1.82, 2.24) is 4.90 Å². The molecule has 1 saturated carbocycles. The van der Waals surface area contributed by atoms with Crippen molar-refractivity contribution >= 4 is 5.69 Å². The van der Waals surface area contributed by atoms with Crippen LogP contribution in [0.1, 0.15) is 24.8 Å². The van der Waals surface area contributed by atoms with Crippen LogP contribution in [0, 0.1) is 0 Å². The van der Waals surface area contributed by atoms with Crippen molar-refractivity contribution in [2.24, 2.45) is 5.73 Å². The molecule has 1 aliphatic rings. The van der Waals surface area contributed by atoms with E-state index in [0.29, 0.717) is 12.1 Å². The molecule has 0 aliphatic heterocycles. The van der Waals surface area contributed by atoms with E-state index >= 15 is 0 Å². The second kappa shape index (κ2) is 5.52. The number of nitrogens with zero attached hydrogens (tertiary/aromatic N) is 1. The van der Waals surface area contributed by atoms with Gasteiger partial charge < -0.3 is 16.0 Å². The number of nitrogens with one attached hydrogen (secondary N) is 1. The Balaban J connectivity index is 1.96. The van der Waals surface area contributed by atoms with Crippen molar-refractivity contribution in [3.8, 4) is 0 Å². The van der Waals surface area contributed by atoms with Gasteiger partial charge in [0.05, 0.1) is 0 Å². The number of hydrogen-bond donors (Lipinski definition) is 2. The summed E-state index contributed by atoms with van der Waals surface area (Å²) in [5, 5.41) is 3.59. The van der Waals surface area contributed by atoms with Crippen molar-refractivity contribution in [2.45, 2.75) is 37.9 Å². The van der Waals surface area contributed by atoms with Gasteiger partial charge in [0.2, 0.25) is 0 Å². The predicted molar refractivity (Wildman–Crippen MR) is 73.1 cm³/mol. The number of benzene rings is 1. The summed E-state index contributed by atoms with van der Waals surface area (Å²) in [5.41, 5.74) is 8.50. The lowest BCUT2D eigenvalue weighted by atomic mass is 10.1. The van der Waals surface area contributed by atoms with Gasteiger partial charge in [0.1, 0.15) is 0 Å². The molecule has 0 amide bonds. The van der Waals surface area contributed by atoms with Crippen molar-refractivity contribution in [1.29, 1.82) is 0 Å². The summed E-state index contributed by atoms with van der Waals surface area (Å²) in [6.07, 6.45) is 3.44. The smallest absolute Gasteiger partial charge is 0.0345 e. The minimum absolute atomic E-state index is 0.387. The number of rotatable bonds is 4. The summed E-state index contributed by atoms with van der Waals surface area (Å²) in [6.45, 7) is 0.986. The topological polar surface area (TPSA) is 41.3 Å². The Bertz CT molecular complexity index is 362. The molecule has 0 radical (unpaired) electrons. The molecule has 3 nitrogen and oxygen atoms in total. The molecule has 0 spiro atoms. The summed E-state index contributed by atoms with van der Waals surface area (Å²) in [6, 6.07) is 9.62. The Morgan fingerprint density at radius 2 is 2.18 bits per heavy atom. The van der Waals surface area contributed by atoms with Crippen molar-refractivity contribution < 1.29 is 0 Å². The lowest BCUT2D eigenvalue weighted by molar-refractivity contribution is 0.402. The highest BCUT2D eigenvalue weighted by Gasteiger charge is 2.21. The molecule has 1 aromatic rings. The molecule has 1 aliphatic carbocycles. The van der Waals surface area contributed by atoms with Gasteiger partial charge in [0, 0.05) is 24.3 Å². The van der Waals surface area contributed by atoms with Crippen LogP contribution in [0.15, 0.2) is 24.3 Å². The molecule has 0 bridgehead atoms. The Kier molecular flexibility index (Phi) is 4.02. The maximum absolute atomic E-state index is 5.93. The largest absolute Gasteiger partial charge is 0.382 e. The first-order valence-electron chi connectivity index (χ1n) is 6.39. The summed E-state index contributed by atoms with van der Waals surface area (Å²) >= 11 is 0. The van der Waals surface area contributed by atoms with E-state index in [0.717, 1.165) is 19.4 Å². The third-order valence-corrected chi connectivity index (χ3v) is 3.27. The van der Waals surface area contributed by atoms with Gasteiger partial charge in [0.25, 0.3) is 0 Å². The van der Waals surface area contributed by atoms with E-state index < -0.39 is 0 Å². The standard InChI is InChI=1S/C14H23N3/c1-17(2)10-11-4-3-5-13(8-11)16-14-7-6-12(15)9-14/h3-5,8,12,14,16H,6-7,9-10,15H2,1-2H3. The number of nitrogens with two attached hydrogens (primary N) is 1. The van der Waals surface area contributed by atoms with Crippen LogP contribution in [0.25, 0.3) is 0 Å². The van der Waals surface area contributed by atoms with E-state index in [-0.39, 0.29) is 0 Å². The number of hydrogen-bond acceptors (Lipinski definition) is 3. The van der Waals surface area contributed by atoms with E-state index in [1.807, 2.05) is 0 Å². The SMILES string of the molecule is CN(C)Cc1cccc(NC2CCC(N)C2)c1. The highest BCUT2D eigenvalue weighted by atomic mass is 15.0. The molecule has 0 aromatic heterocycles. The molecule has 2 atom stereocenters. The van der Waals surface area contributed by atoms with Gasteiger partial charge in [-0.15, -0.1) is 0 Å². The minimum atomic E-state index is 0.387. The van der Waals surface area contributed by atoms with Gasteiger partial charge in [-0.3, -0.25) is 0 Å². The fraction of sp³-hybridized carbons (Fsp3) is 0.571. The normalized spacial score (nSPS) is 24.2. The van der Waals surface area contributed by atoms with E-state index in [1.165, 1.54) is 17.7 Å². The predicted octanol–water partition coefficient (Wildman–Crippen LogP) is 2.04. The van der Waals surface area contributed by atoms with Gasteiger partial charge in [-0.2, -0.15) is 0 Å². The minimum Gasteiger partial charge on any atom is -0.382 e. The average molecular weight is 233 g/mol.